The van der Waals surface area contributed by atoms with E-state index in [1.807, 2.05) is 19.1 Å². The molecule has 0 aliphatic carbocycles. The molecule has 0 aliphatic heterocycles. The Morgan fingerprint density at radius 1 is 0.632 bits per heavy atom. The molecule has 0 saturated heterocycles. The number of benzene rings is 4. The minimum absolute atomic E-state index is 0.0111. The zero-order valence-corrected chi connectivity index (χ0v) is 33.0. The third-order valence-corrected chi connectivity index (χ3v) is 9.89. The number of rotatable bonds is 20. The van der Waals surface area contributed by atoms with Crippen molar-refractivity contribution in [3.63, 3.8) is 0 Å². The van der Waals surface area contributed by atoms with Crippen LogP contribution in [0.2, 0.25) is 0 Å². The molecule has 12 heteroatoms. The van der Waals surface area contributed by atoms with Crippen LogP contribution in [-0.2, 0) is 32.0 Å². The first kappa shape index (κ1) is 43.6. The SMILES string of the molecule is CCCCC[C@H](NC(=O)c1ccc(-c2ccc(CCCC)cc2)cc1)C(=O)N(C)[C@H](C(=O)N[C@@H](C)C(=O)N[C@@H](Cc1ccc(O)cc1)C(=O)O)c1ccc(O)cc1. The second-order valence-corrected chi connectivity index (χ2v) is 14.3. The number of hydrogen-bond donors (Lipinski definition) is 6. The van der Waals surface area contributed by atoms with Gasteiger partial charge in [-0.05, 0) is 90.4 Å². The Balaban J connectivity index is 1.50. The number of phenols is 2. The van der Waals surface area contributed by atoms with E-state index < -0.39 is 53.8 Å². The molecule has 4 aromatic rings. The van der Waals surface area contributed by atoms with Crippen LogP contribution >= 0.6 is 0 Å². The van der Waals surface area contributed by atoms with Crippen molar-refractivity contribution in [1.29, 1.82) is 0 Å². The number of nitrogens with zero attached hydrogens (tertiary/aromatic N) is 1. The highest BCUT2D eigenvalue weighted by atomic mass is 16.4. The molecule has 0 saturated carbocycles. The lowest BCUT2D eigenvalue weighted by atomic mass is 10.00. The fraction of sp³-hybridized carbons (Fsp3) is 0.356. The minimum atomic E-state index is -1.33. The molecule has 57 heavy (non-hydrogen) atoms. The highest BCUT2D eigenvalue weighted by Gasteiger charge is 2.35. The van der Waals surface area contributed by atoms with Gasteiger partial charge in [-0.2, -0.15) is 0 Å². The van der Waals surface area contributed by atoms with Gasteiger partial charge in [0.05, 0.1) is 0 Å². The van der Waals surface area contributed by atoms with E-state index in [4.69, 9.17) is 0 Å². The van der Waals surface area contributed by atoms with Crippen LogP contribution < -0.4 is 16.0 Å². The molecule has 4 amide bonds. The molecule has 0 radical (unpaired) electrons. The maximum Gasteiger partial charge on any atom is 0.326 e. The van der Waals surface area contributed by atoms with Gasteiger partial charge in [-0.25, -0.2) is 4.79 Å². The number of likely N-dealkylation sites (N-methyl/N-ethyl adjacent to an activating group) is 1. The summed E-state index contributed by atoms with van der Waals surface area (Å²) in [4.78, 5) is 68.3. The summed E-state index contributed by atoms with van der Waals surface area (Å²) in [6.45, 7) is 5.58. The normalized spacial score (nSPS) is 13.1. The Hall–Kier alpha value is -6.17. The van der Waals surface area contributed by atoms with Crippen LogP contribution in [-0.4, -0.2) is 75.0 Å². The number of amides is 4. The lowest BCUT2D eigenvalue weighted by Gasteiger charge is -2.32. The summed E-state index contributed by atoms with van der Waals surface area (Å²) in [7, 11) is 1.43. The van der Waals surface area contributed by atoms with Crippen molar-refractivity contribution < 1.29 is 39.3 Å². The van der Waals surface area contributed by atoms with Crippen molar-refractivity contribution in [1.82, 2.24) is 20.9 Å². The Kier molecular flexibility index (Phi) is 16.2. The Labute approximate surface area is 334 Å². The van der Waals surface area contributed by atoms with E-state index in [1.54, 1.807) is 24.3 Å². The van der Waals surface area contributed by atoms with E-state index in [0.717, 1.165) is 43.2 Å². The molecule has 302 valence electrons. The van der Waals surface area contributed by atoms with Crippen LogP contribution in [0.1, 0.15) is 92.4 Å². The number of carbonyl (C=O) groups excluding carboxylic acids is 4. The predicted molar refractivity (Wildman–Crippen MR) is 218 cm³/mol. The number of hydrogen-bond acceptors (Lipinski definition) is 7. The van der Waals surface area contributed by atoms with Crippen LogP contribution in [0.5, 0.6) is 11.5 Å². The van der Waals surface area contributed by atoms with E-state index in [-0.39, 0.29) is 17.9 Å². The monoisotopic (exact) mass is 778 g/mol. The van der Waals surface area contributed by atoms with E-state index in [9.17, 15) is 39.3 Å². The lowest BCUT2D eigenvalue weighted by Crippen LogP contribution is -2.54. The van der Waals surface area contributed by atoms with Crippen LogP contribution in [0.4, 0.5) is 0 Å². The van der Waals surface area contributed by atoms with E-state index in [0.29, 0.717) is 29.5 Å². The maximum absolute atomic E-state index is 14.3. The number of carboxylic acid groups (broad SMARTS) is 1. The first-order chi connectivity index (χ1) is 27.3. The molecular formula is C45H54N4O8. The second-order valence-electron chi connectivity index (χ2n) is 14.3. The highest BCUT2D eigenvalue weighted by Crippen LogP contribution is 2.25. The first-order valence-electron chi connectivity index (χ1n) is 19.5. The Morgan fingerprint density at radius 2 is 1.18 bits per heavy atom. The molecule has 4 atom stereocenters. The van der Waals surface area contributed by atoms with Crippen LogP contribution in [0.15, 0.2) is 97.1 Å². The van der Waals surface area contributed by atoms with Crippen LogP contribution in [0, 0.1) is 0 Å². The topological polar surface area (TPSA) is 185 Å². The molecular weight excluding hydrogens is 725 g/mol. The standard InChI is InChI=1S/C45H54N4O8/c1-5-7-9-11-38(47-42(53)35-20-18-33(19-21-35)32-16-12-30(13-17-32)10-8-6-2)44(55)49(4)40(34-22-26-37(51)27-23-34)43(54)46-29(3)41(52)48-39(45(56)57)28-31-14-24-36(50)25-15-31/h12-27,29,38-40,50-51H,5-11,28H2,1-4H3,(H,46,54)(H,47,53)(H,48,52)(H,56,57)/t29-,38-,39-,40-/m0/s1. The molecule has 0 bridgehead atoms. The maximum atomic E-state index is 14.3. The van der Waals surface area contributed by atoms with Gasteiger partial charge in [0.15, 0.2) is 0 Å². The number of aryl methyl sites for hydroxylation is 1. The molecule has 0 spiro atoms. The number of phenolic OH excluding ortho intramolecular Hbond substituents is 2. The second kappa shape index (κ2) is 21.2. The number of unbranched alkanes of at least 4 members (excludes halogenated alkanes) is 3. The zero-order chi connectivity index (χ0) is 41.5. The van der Waals surface area contributed by atoms with E-state index in [1.165, 1.54) is 60.8 Å². The molecule has 0 unspecified atom stereocenters. The summed E-state index contributed by atoms with van der Waals surface area (Å²) >= 11 is 0. The summed E-state index contributed by atoms with van der Waals surface area (Å²) in [5, 5.41) is 37.3. The summed E-state index contributed by atoms with van der Waals surface area (Å²) < 4.78 is 0. The van der Waals surface area contributed by atoms with Crippen molar-refractivity contribution in [3.8, 4) is 22.6 Å². The molecule has 4 aromatic carbocycles. The van der Waals surface area contributed by atoms with Gasteiger partial charge in [0.2, 0.25) is 17.7 Å². The largest absolute Gasteiger partial charge is 0.508 e. The van der Waals surface area contributed by atoms with Crippen molar-refractivity contribution in [2.75, 3.05) is 7.05 Å². The summed E-state index contributed by atoms with van der Waals surface area (Å²) in [5.74, 6) is -3.84. The third-order valence-electron chi connectivity index (χ3n) is 9.89. The van der Waals surface area contributed by atoms with Gasteiger partial charge in [0, 0.05) is 19.0 Å². The molecule has 12 nitrogen and oxygen atoms in total. The third kappa shape index (κ3) is 12.7. The summed E-state index contributed by atoms with van der Waals surface area (Å²) in [5.41, 5.74) is 4.51. The summed E-state index contributed by atoms with van der Waals surface area (Å²) in [6, 6.07) is 22.3. The highest BCUT2D eigenvalue weighted by molar-refractivity contribution is 5.99. The van der Waals surface area contributed by atoms with Gasteiger partial charge in [-0.15, -0.1) is 0 Å². The molecule has 0 aromatic heterocycles. The molecule has 0 fully saturated rings. The van der Waals surface area contributed by atoms with Gasteiger partial charge >= 0.3 is 5.97 Å². The minimum Gasteiger partial charge on any atom is -0.508 e. The average molecular weight is 779 g/mol. The molecule has 4 rings (SSSR count). The number of aliphatic carboxylic acids is 1. The van der Waals surface area contributed by atoms with Gasteiger partial charge in [0.25, 0.3) is 5.91 Å². The van der Waals surface area contributed by atoms with Gasteiger partial charge in [-0.1, -0.05) is 100 Å². The quantitative estimate of drug-likeness (QED) is 0.0565. The molecule has 0 aliphatic rings. The molecule has 6 N–H and O–H groups in total. The van der Waals surface area contributed by atoms with Gasteiger partial charge < -0.3 is 36.2 Å². The van der Waals surface area contributed by atoms with Crippen molar-refractivity contribution in [2.24, 2.45) is 0 Å². The fourth-order valence-corrected chi connectivity index (χ4v) is 6.46. The molecule has 0 heterocycles. The fourth-order valence-electron chi connectivity index (χ4n) is 6.46. The van der Waals surface area contributed by atoms with Crippen molar-refractivity contribution in [2.45, 2.75) is 96.3 Å². The number of aromatic hydroxyl groups is 2. The van der Waals surface area contributed by atoms with Crippen LogP contribution in [0.25, 0.3) is 11.1 Å². The Morgan fingerprint density at radius 3 is 1.74 bits per heavy atom. The van der Waals surface area contributed by atoms with Gasteiger partial charge in [-0.3, -0.25) is 19.2 Å². The van der Waals surface area contributed by atoms with Crippen molar-refractivity contribution >= 4 is 29.6 Å². The van der Waals surface area contributed by atoms with Gasteiger partial charge in [0.1, 0.15) is 35.7 Å². The van der Waals surface area contributed by atoms with E-state index in [2.05, 4.69) is 47.1 Å². The first-order valence-corrected chi connectivity index (χ1v) is 19.5. The number of nitrogens with one attached hydrogen (secondary N) is 3. The van der Waals surface area contributed by atoms with Crippen molar-refractivity contribution in [3.05, 3.63) is 119 Å². The average Bonchev–Trinajstić information content (AvgIpc) is 3.20. The lowest BCUT2D eigenvalue weighted by molar-refractivity contribution is -0.143. The van der Waals surface area contributed by atoms with E-state index >= 15 is 0 Å². The summed E-state index contributed by atoms with van der Waals surface area (Å²) in [6.07, 6.45) is 5.85. The zero-order valence-electron chi connectivity index (χ0n) is 33.0. The number of carbonyl (C=O) groups is 5. The smallest absolute Gasteiger partial charge is 0.326 e. The van der Waals surface area contributed by atoms with Crippen LogP contribution in [0.3, 0.4) is 0 Å². The number of carboxylic acids is 1. The predicted octanol–water partition coefficient (Wildman–Crippen LogP) is 6.30. The Bertz CT molecular complexity index is 1950.